The summed E-state index contributed by atoms with van der Waals surface area (Å²) in [6.45, 7) is -0.563. The molecule has 0 saturated heterocycles. The third kappa shape index (κ3) is 2.32. The quantitative estimate of drug-likeness (QED) is 0.373. The molecule has 98 valence electrons. The third-order valence-electron chi connectivity index (χ3n) is 2.44. The molecule has 2 heterocycles. The fourth-order valence-electron chi connectivity index (χ4n) is 1.48. The largest absolute Gasteiger partial charge is 0.419 e. The number of H-pyrrole nitrogens is 2. The van der Waals surface area contributed by atoms with Crippen LogP contribution in [0.25, 0.3) is 11.2 Å². The Morgan fingerprint density at radius 3 is 2.89 bits per heavy atom. The number of aliphatic hydroxyl groups is 2. The van der Waals surface area contributed by atoms with Crippen molar-refractivity contribution in [1.82, 2.24) is 15.0 Å². The number of rotatable bonds is 5. The normalized spacial score (nSPS) is 11.5. The van der Waals surface area contributed by atoms with E-state index in [4.69, 9.17) is 20.7 Å². The molecule has 9 heteroatoms. The van der Waals surface area contributed by atoms with Gasteiger partial charge in [0.05, 0.1) is 13.2 Å². The summed E-state index contributed by atoms with van der Waals surface area (Å²) in [5.41, 5.74) is 5.88. The van der Waals surface area contributed by atoms with E-state index in [-0.39, 0.29) is 25.8 Å². The lowest BCUT2D eigenvalue weighted by molar-refractivity contribution is -0.713. The van der Waals surface area contributed by atoms with Gasteiger partial charge in [0.25, 0.3) is 0 Å². The van der Waals surface area contributed by atoms with Gasteiger partial charge >= 0.3 is 11.3 Å². The molecule has 0 aliphatic rings. The van der Waals surface area contributed by atoms with Gasteiger partial charge in [-0.25, -0.2) is 9.36 Å². The molecule has 0 unspecified atom stereocenters. The molecule has 0 aliphatic heterocycles. The summed E-state index contributed by atoms with van der Waals surface area (Å²) in [6, 6.07) is 0. The number of hydrogen-bond donors (Lipinski definition) is 5. The SMILES string of the molecule is Nc1[nH]c(=O)nc2c1[nH]c[n+]2COC(CO)CO. The Balaban J connectivity index is 2.26. The predicted molar refractivity (Wildman–Crippen MR) is 60.4 cm³/mol. The zero-order chi connectivity index (χ0) is 13.1. The second-order valence-corrected chi connectivity index (χ2v) is 3.68. The van der Waals surface area contributed by atoms with Gasteiger partial charge in [0, 0.05) is 0 Å². The van der Waals surface area contributed by atoms with E-state index in [1.807, 2.05) is 0 Å². The third-order valence-corrected chi connectivity index (χ3v) is 2.44. The number of nitrogens with zero attached hydrogens (tertiary/aromatic N) is 2. The first-order valence-electron chi connectivity index (χ1n) is 5.25. The molecule has 0 aliphatic carbocycles. The summed E-state index contributed by atoms with van der Waals surface area (Å²) in [5.74, 6) is 0.185. The van der Waals surface area contributed by atoms with Crippen molar-refractivity contribution in [3.8, 4) is 0 Å². The number of aromatic amines is 2. The highest BCUT2D eigenvalue weighted by Crippen LogP contribution is 2.07. The summed E-state index contributed by atoms with van der Waals surface area (Å²) >= 11 is 0. The molecule has 0 atom stereocenters. The fourth-order valence-corrected chi connectivity index (χ4v) is 1.48. The first-order valence-corrected chi connectivity index (χ1v) is 5.25. The maximum atomic E-state index is 11.2. The molecule has 0 saturated carbocycles. The van der Waals surface area contributed by atoms with E-state index in [2.05, 4.69) is 15.0 Å². The molecule has 2 rings (SSSR count). The fraction of sp³-hybridized carbons (Fsp3) is 0.444. The minimum Gasteiger partial charge on any atom is -0.394 e. The van der Waals surface area contributed by atoms with Crippen molar-refractivity contribution in [3.05, 3.63) is 16.8 Å². The monoisotopic (exact) mass is 256 g/mol. The number of nitrogen functional groups attached to an aromatic ring is 1. The Hall–Kier alpha value is -1.97. The van der Waals surface area contributed by atoms with Crippen molar-refractivity contribution in [2.45, 2.75) is 12.8 Å². The molecular formula is C9H14N5O4+. The molecule has 0 bridgehead atoms. The first-order chi connectivity index (χ1) is 8.65. The number of ether oxygens (including phenoxy) is 1. The van der Waals surface area contributed by atoms with E-state index in [0.717, 1.165) is 0 Å². The smallest absolute Gasteiger partial charge is 0.394 e. The van der Waals surface area contributed by atoms with Crippen molar-refractivity contribution in [2.75, 3.05) is 18.9 Å². The summed E-state index contributed by atoms with van der Waals surface area (Å²) < 4.78 is 6.74. The molecule has 0 spiro atoms. The van der Waals surface area contributed by atoms with Gasteiger partial charge in [0.1, 0.15) is 6.10 Å². The van der Waals surface area contributed by atoms with Crippen LogP contribution in [0.1, 0.15) is 0 Å². The van der Waals surface area contributed by atoms with E-state index < -0.39 is 11.8 Å². The minimum absolute atomic E-state index is 0.0294. The molecule has 18 heavy (non-hydrogen) atoms. The minimum atomic E-state index is -0.679. The van der Waals surface area contributed by atoms with Crippen LogP contribution in [0, 0.1) is 0 Å². The molecule has 6 N–H and O–H groups in total. The summed E-state index contributed by atoms with van der Waals surface area (Å²) in [6.07, 6.45) is 0.856. The number of aromatic nitrogens is 4. The summed E-state index contributed by atoms with van der Waals surface area (Å²) in [7, 11) is 0. The average Bonchev–Trinajstić information content (AvgIpc) is 2.74. The molecule has 9 nitrogen and oxygen atoms in total. The first kappa shape index (κ1) is 12.5. The molecule has 0 radical (unpaired) electrons. The number of nitrogens with one attached hydrogen (secondary N) is 2. The highest BCUT2D eigenvalue weighted by molar-refractivity contribution is 5.77. The van der Waals surface area contributed by atoms with Crippen LogP contribution in [0.2, 0.25) is 0 Å². The van der Waals surface area contributed by atoms with Crippen molar-refractivity contribution in [2.24, 2.45) is 0 Å². The van der Waals surface area contributed by atoms with Gasteiger partial charge in [-0.3, -0.25) is 9.97 Å². The zero-order valence-corrected chi connectivity index (χ0v) is 9.46. The van der Waals surface area contributed by atoms with Gasteiger partial charge < -0.3 is 20.7 Å². The van der Waals surface area contributed by atoms with E-state index in [1.54, 1.807) is 0 Å². The van der Waals surface area contributed by atoms with Crippen molar-refractivity contribution < 1.29 is 19.5 Å². The van der Waals surface area contributed by atoms with Crippen molar-refractivity contribution in [3.63, 3.8) is 0 Å². The zero-order valence-electron chi connectivity index (χ0n) is 9.46. The van der Waals surface area contributed by atoms with Gasteiger partial charge in [-0.1, -0.05) is 0 Å². The van der Waals surface area contributed by atoms with Gasteiger partial charge in [0.2, 0.25) is 5.52 Å². The maximum absolute atomic E-state index is 11.2. The van der Waals surface area contributed by atoms with E-state index >= 15 is 0 Å². The van der Waals surface area contributed by atoms with Crippen LogP contribution in [-0.2, 0) is 11.5 Å². The average molecular weight is 256 g/mol. The van der Waals surface area contributed by atoms with Crippen LogP contribution < -0.4 is 16.0 Å². The summed E-state index contributed by atoms with van der Waals surface area (Å²) in [4.78, 5) is 20.2. The lowest BCUT2D eigenvalue weighted by Crippen LogP contribution is -2.38. The Morgan fingerprint density at radius 2 is 2.22 bits per heavy atom. The highest BCUT2D eigenvalue weighted by atomic mass is 16.5. The number of aliphatic hydroxyl groups excluding tert-OH is 2. The molecular weight excluding hydrogens is 242 g/mol. The molecule has 2 aromatic heterocycles. The van der Waals surface area contributed by atoms with E-state index in [1.165, 1.54) is 10.9 Å². The number of fused-ring (bicyclic) bond motifs is 1. The second-order valence-electron chi connectivity index (χ2n) is 3.68. The second kappa shape index (κ2) is 5.12. The number of anilines is 1. The van der Waals surface area contributed by atoms with Crippen molar-refractivity contribution in [1.29, 1.82) is 0 Å². The lowest BCUT2D eigenvalue weighted by Gasteiger charge is -2.10. The van der Waals surface area contributed by atoms with Crippen molar-refractivity contribution >= 4 is 17.0 Å². The maximum Gasteiger partial charge on any atom is 0.419 e. The van der Waals surface area contributed by atoms with Gasteiger partial charge in [-0.2, -0.15) is 0 Å². The van der Waals surface area contributed by atoms with Gasteiger partial charge in [-0.15, -0.1) is 0 Å². The molecule has 0 fully saturated rings. The Kier molecular flexibility index (Phi) is 3.55. The van der Waals surface area contributed by atoms with Crippen LogP contribution in [0.5, 0.6) is 0 Å². The Labute approximate surface area is 101 Å². The van der Waals surface area contributed by atoms with Crippen LogP contribution in [0.15, 0.2) is 11.1 Å². The van der Waals surface area contributed by atoms with Crippen LogP contribution in [0.3, 0.4) is 0 Å². The van der Waals surface area contributed by atoms with Crippen LogP contribution >= 0.6 is 0 Å². The lowest BCUT2D eigenvalue weighted by atomic mass is 10.4. The standard InChI is InChI=1S/C9H13N5O4/c10-7-6-8(13-9(17)12-7)14(3-11-6)4-18-5(1-15)2-16/h3,5,15-16H,1-2,4H2,(H3,10,12,13,17)/p+1. The molecule has 0 aromatic carbocycles. The predicted octanol–water partition coefficient (Wildman–Crippen LogP) is -2.55. The number of nitrogens with two attached hydrogens (primary N) is 1. The number of hydrogen-bond acceptors (Lipinski definition) is 6. The van der Waals surface area contributed by atoms with E-state index in [9.17, 15) is 4.79 Å². The summed E-state index contributed by atoms with van der Waals surface area (Å²) in [5, 5.41) is 17.7. The Morgan fingerprint density at radius 1 is 1.50 bits per heavy atom. The number of imidazole rings is 1. The molecule has 0 amide bonds. The van der Waals surface area contributed by atoms with Crippen LogP contribution in [0.4, 0.5) is 5.82 Å². The van der Waals surface area contributed by atoms with E-state index in [0.29, 0.717) is 11.2 Å². The molecule has 2 aromatic rings. The Bertz CT molecular complexity index is 588. The topological polar surface area (TPSA) is 141 Å². The highest BCUT2D eigenvalue weighted by Gasteiger charge is 2.17. The van der Waals surface area contributed by atoms with Gasteiger partial charge in [-0.05, 0) is 4.98 Å². The van der Waals surface area contributed by atoms with Gasteiger partial charge in [0.15, 0.2) is 18.9 Å². The van der Waals surface area contributed by atoms with Crippen LogP contribution in [-0.4, -0.2) is 44.5 Å².